The van der Waals surface area contributed by atoms with E-state index in [4.69, 9.17) is 14.2 Å². The summed E-state index contributed by atoms with van der Waals surface area (Å²) in [5, 5.41) is 13.7. The molecule has 0 spiro atoms. The van der Waals surface area contributed by atoms with Gasteiger partial charge in [0.25, 0.3) is 11.6 Å². The van der Waals surface area contributed by atoms with E-state index >= 15 is 0 Å². The highest BCUT2D eigenvalue weighted by atomic mass is 16.6. The van der Waals surface area contributed by atoms with E-state index in [0.29, 0.717) is 19.0 Å². The number of benzene rings is 1. The van der Waals surface area contributed by atoms with E-state index in [1.807, 2.05) is 0 Å². The zero-order valence-corrected chi connectivity index (χ0v) is 13.8. The van der Waals surface area contributed by atoms with Crippen molar-refractivity contribution in [3.8, 4) is 5.75 Å². The van der Waals surface area contributed by atoms with Crippen molar-refractivity contribution < 1.29 is 23.9 Å². The Balaban J connectivity index is 1.94. The third kappa shape index (κ3) is 4.90. The van der Waals surface area contributed by atoms with E-state index in [-0.39, 0.29) is 17.5 Å². The fourth-order valence-electron chi connectivity index (χ4n) is 2.40. The van der Waals surface area contributed by atoms with Gasteiger partial charge in [-0.3, -0.25) is 14.9 Å². The highest BCUT2D eigenvalue weighted by Gasteiger charge is 2.22. The second-order valence-corrected chi connectivity index (χ2v) is 5.59. The van der Waals surface area contributed by atoms with Gasteiger partial charge < -0.3 is 19.5 Å². The number of ether oxygens (including phenoxy) is 3. The molecule has 2 unspecified atom stereocenters. The van der Waals surface area contributed by atoms with Gasteiger partial charge >= 0.3 is 0 Å². The lowest BCUT2D eigenvalue weighted by atomic mass is 10.1. The van der Waals surface area contributed by atoms with Crippen molar-refractivity contribution in [3.63, 3.8) is 0 Å². The first kappa shape index (κ1) is 18.2. The number of methoxy groups -OCH3 is 1. The van der Waals surface area contributed by atoms with E-state index < -0.39 is 16.9 Å². The maximum Gasteiger partial charge on any atom is 0.296 e. The molecular formula is C16H22N2O6. The Morgan fingerprint density at radius 2 is 2.29 bits per heavy atom. The molecule has 8 nitrogen and oxygen atoms in total. The predicted octanol–water partition coefficient (Wildman–Crippen LogP) is 2.52. The van der Waals surface area contributed by atoms with Crippen LogP contribution in [-0.4, -0.2) is 43.4 Å². The zero-order chi connectivity index (χ0) is 17.5. The molecule has 0 aliphatic carbocycles. The molecule has 1 aromatic rings. The van der Waals surface area contributed by atoms with E-state index in [2.05, 4.69) is 5.32 Å². The lowest BCUT2D eigenvalue weighted by Gasteiger charge is -2.23. The van der Waals surface area contributed by atoms with Gasteiger partial charge in [-0.1, -0.05) is 0 Å². The second kappa shape index (κ2) is 8.60. The average Bonchev–Trinajstić information content (AvgIpc) is 2.60. The Hall–Kier alpha value is -2.19. The summed E-state index contributed by atoms with van der Waals surface area (Å²) in [4.78, 5) is 22.7. The van der Waals surface area contributed by atoms with Crippen molar-refractivity contribution in [1.29, 1.82) is 0 Å². The number of nitro groups is 1. The number of hydrogen-bond acceptors (Lipinski definition) is 6. The number of carbonyl (C=O) groups is 1. The summed E-state index contributed by atoms with van der Waals surface area (Å²) in [5.74, 6) is -0.0995. The average molecular weight is 338 g/mol. The van der Waals surface area contributed by atoms with E-state index in [1.54, 1.807) is 13.0 Å². The van der Waals surface area contributed by atoms with Crippen molar-refractivity contribution in [2.45, 2.75) is 38.4 Å². The van der Waals surface area contributed by atoms with Crippen LogP contribution in [0, 0.1) is 10.1 Å². The van der Waals surface area contributed by atoms with Crippen LogP contribution >= 0.6 is 0 Å². The molecule has 2 atom stereocenters. The molecule has 0 bridgehead atoms. The largest absolute Gasteiger partial charge is 0.496 e. The summed E-state index contributed by atoms with van der Waals surface area (Å²) >= 11 is 0. The van der Waals surface area contributed by atoms with Crippen molar-refractivity contribution >= 4 is 17.3 Å². The maximum absolute atomic E-state index is 12.2. The molecule has 0 radical (unpaired) electrons. The van der Waals surface area contributed by atoms with Crippen molar-refractivity contribution in [2.75, 3.05) is 25.6 Å². The molecule has 1 aliphatic rings. The molecule has 2 rings (SSSR count). The Labute approximate surface area is 140 Å². The van der Waals surface area contributed by atoms with Crippen LogP contribution in [0.25, 0.3) is 0 Å². The Bertz CT molecular complexity index is 586. The summed E-state index contributed by atoms with van der Waals surface area (Å²) in [6.07, 6.45) is 2.32. The molecule has 0 saturated carbocycles. The zero-order valence-electron chi connectivity index (χ0n) is 13.8. The van der Waals surface area contributed by atoms with Gasteiger partial charge in [0.1, 0.15) is 17.5 Å². The first-order valence-electron chi connectivity index (χ1n) is 7.87. The number of nitrogens with zero attached hydrogens (tertiary/aromatic N) is 1. The normalized spacial score (nSPS) is 18.7. The molecule has 1 aliphatic heterocycles. The van der Waals surface area contributed by atoms with Crippen LogP contribution in [0.5, 0.6) is 5.75 Å². The van der Waals surface area contributed by atoms with E-state index in [1.165, 1.54) is 19.2 Å². The lowest BCUT2D eigenvalue weighted by Crippen LogP contribution is -2.32. The molecular weight excluding hydrogens is 316 g/mol. The molecule has 0 aromatic heterocycles. The number of nitro benzene ring substituents is 1. The first-order valence-corrected chi connectivity index (χ1v) is 7.87. The second-order valence-electron chi connectivity index (χ2n) is 5.59. The van der Waals surface area contributed by atoms with Gasteiger partial charge in [0.2, 0.25) is 0 Å². The molecule has 1 saturated heterocycles. The topological polar surface area (TPSA) is 99.9 Å². The molecule has 1 fully saturated rings. The molecule has 132 valence electrons. The van der Waals surface area contributed by atoms with Crippen LogP contribution < -0.4 is 10.1 Å². The summed E-state index contributed by atoms with van der Waals surface area (Å²) in [7, 11) is 1.42. The molecule has 24 heavy (non-hydrogen) atoms. The highest BCUT2D eigenvalue weighted by Crippen LogP contribution is 2.29. The van der Waals surface area contributed by atoms with Gasteiger partial charge in [-0.2, -0.15) is 0 Å². The van der Waals surface area contributed by atoms with Crippen molar-refractivity contribution in [1.82, 2.24) is 0 Å². The van der Waals surface area contributed by atoms with Gasteiger partial charge in [0.05, 0.1) is 30.8 Å². The fourth-order valence-corrected chi connectivity index (χ4v) is 2.40. The minimum Gasteiger partial charge on any atom is -0.496 e. The smallest absolute Gasteiger partial charge is 0.296 e. The quantitative estimate of drug-likeness (QED) is 0.606. The Kier molecular flexibility index (Phi) is 6.51. The van der Waals surface area contributed by atoms with E-state index in [0.717, 1.165) is 19.3 Å². The van der Waals surface area contributed by atoms with Crippen LogP contribution in [0.15, 0.2) is 18.2 Å². The molecule has 8 heteroatoms. The van der Waals surface area contributed by atoms with Crippen LogP contribution in [-0.2, 0) is 14.3 Å². The number of carbonyl (C=O) groups excluding carboxylic acids is 1. The number of nitrogens with one attached hydrogen (secondary N) is 1. The van der Waals surface area contributed by atoms with Crippen LogP contribution in [0.1, 0.15) is 26.2 Å². The van der Waals surface area contributed by atoms with Crippen LogP contribution in [0.2, 0.25) is 0 Å². The number of amides is 1. The Morgan fingerprint density at radius 1 is 1.50 bits per heavy atom. The summed E-state index contributed by atoms with van der Waals surface area (Å²) in [6, 6.07) is 4.24. The number of hydrogen-bond donors (Lipinski definition) is 1. The van der Waals surface area contributed by atoms with Gasteiger partial charge in [-0.25, -0.2) is 0 Å². The fraction of sp³-hybridized carbons (Fsp3) is 0.562. The highest BCUT2D eigenvalue weighted by molar-refractivity contribution is 5.96. The van der Waals surface area contributed by atoms with Crippen molar-refractivity contribution in [3.05, 3.63) is 28.3 Å². The molecule has 1 amide bonds. The van der Waals surface area contributed by atoms with Gasteiger partial charge in [0.15, 0.2) is 0 Å². The Morgan fingerprint density at radius 3 is 2.92 bits per heavy atom. The lowest BCUT2D eigenvalue weighted by molar-refractivity contribution is -0.384. The monoisotopic (exact) mass is 338 g/mol. The summed E-state index contributed by atoms with van der Waals surface area (Å²) in [5.41, 5.74) is -0.124. The van der Waals surface area contributed by atoms with Crippen LogP contribution in [0.3, 0.4) is 0 Å². The van der Waals surface area contributed by atoms with Gasteiger partial charge in [-0.05, 0) is 38.3 Å². The standard InChI is InChI=1S/C16H22N2O6/c1-11(24-10-13-5-3-4-8-23-13)16(19)17-14-7-6-12(22-2)9-15(14)18(20)21/h6-7,9,11,13H,3-5,8,10H2,1-2H3,(H,17,19). The van der Waals surface area contributed by atoms with Gasteiger partial charge in [-0.15, -0.1) is 0 Å². The predicted molar refractivity (Wildman–Crippen MR) is 87.3 cm³/mol. The number of rotatable bonds is 7. The van der Waals surface area contributed by atoms with Gasteiger partial charge in [0, 0.05) is 6.61 Å². The summed E-state index contributed by atoms with van der Waals surface area (Å²) in [6.45, 7) is 2.65. The van der Waals surface area contributed by atoms with E-state index in [9.17, 15) is 14.9 Å². The first-order chi connectivity index (χ1) is 11.5. The SMILES string of the molecule is COc1ccc(NC(=O)C(C)OCC2CCCCO2)c([N+](=O)[O-])c1. The maximum atomic E-state index is 12.2. The minimum atomic E-state index is -0.739. The molecule has 1 aromatic carbocycles. The third-order valence-corrected chi connectivity index (χ3v) is 3.83. The van der Waals surface area contributed by atoms with Crippen molar-refractivity contribution in [2.24, 2.45) is 0 Å². The third-order valence-electron chi connectivity index (χ3n) is 3.83. The number of anilines is 1. The molecule has 1 N–H and O–H groups in total. The van der Waals surface area contributed by atoms with Crippen LogP contribution in [0.4, 0.5) is 11.4 Å². The molecule has 1 heterocycles. The minimum absolute atomic E-state index is 0.00400. The summed E-state index contributed by atoms with van der Waals surface area (Å²) < 4.78 is 16.0.